The van der Waals surface area contributed by atoms with Crippen molar-refractivity contribution in [3.63, 3.8) is 0 Å². The minimum Gasteiger partial charge on any atom is -0.390 e. The van der Waals surface area contributed by atoms with Gasteiger partial charge in [0.1, 0.15) is 5.78 Å². The van der Waals surface area contributed by atoms with Crippen molar-refractivity contribution in [2.45, 2.75) is 84.2 Å². The number of piperazine rings is 1. The molecule has 8 atom stereocenters. The summed E-state index contributed by atoms with van der Waals surface area (Å²) in [5.41, 5.74) is 0.191. The van der Waals surface area contributed by atoms with Gasteiger partial charge in [-0.3, -0.25) is 9.69 Å². The topological polar surface area (TPSA) is 43.8 Å². The summed E-state index contributed by atoms with van der Waals surface area (Å²) in [5.74, 6) is 3.89. The Morgan fingerprint density at radius 3 is 2.32 bits per heavy atom. The molecule has 4 nitrogen and oxygen atoms in total. The second kappa shape index (κ2) is 7.81. The van der Waals surface area contributed by atoms with Crippen molar-refractivity contribution in [1.82, 2.24) is 9.80 Å². The van der Waals surface area contributed by atoms with Gasteiger partial charge in [0.25, 0.3) is 0 Å². The average molecular weight is 431 g/mol. The second-order valence-corrected chi connectivity index (χ2v) is 13.1. The summed E-state index contributed by atoms with van der Waals surface area (Å²) in [6.45, 7) is 12.1. The molecule has 4 heteroatoms. The van der Waals surface area contributed by atoms with Crippen LogP contribution in [0.25, 0.3) is 0 Å². The van der Waals surface area contributed by atoms with Crippen LogP contribution >= 0.6 is 0 Å². The zero-order chi connectivity index (χ0) is 22.0. The fraction of sp³-hybridized carbons (Fsp3) is 0.963. The van der Waals surface area contributed by atoms with E-state index in [-0.39, 0.29) is 11.3 Å². The number of fused-ring (bicyclic) bond motifs is 5. The lowest BCUT2D eigenvalue weighted by Crippen LogP contribution is -2.56. The monoisotopic (exact) mass is 430 g/mol. The van der Waals surface area contributed by atoms with Crippen molar-refractivity contribution in [1.29, 1.82) is 0 Å². The maximum Gasteiger partial charge on any atom is 0.150 e. The van der Waals surface area contributed by atoms with E-state index in [0.29, 0.717) is 23.7 Å². The maximum atomic E-state index is 13.5. The first-order valence-electron chi connectivity index (χ1n) is 13.3. The molecule has 0 bridgehead atoms. The van der Waals surface area contributed by atoms with E-state index >= 15 is 0 Å². The number of carbonyl (C=O) groups excluding carboxylic acids is 1. The quantitative estimate of drug-likeness (QED) is 0.728. The van der Waals surface area contributed by atoms with Gasteiger partial charge in [-0.1, -0.05) is 13.8 Å². The molecule has 0 radical (unpaired) electrons. The fourth-order valence-electron chi connectivity index (χ4n) is 9.30. The van der Waals surface area contributed by atoms with E-state index < -0.39 is 5.60 Å². The molecule has 0 amide bonds. The summed E-state index contributed by atoms with van der Waals surface area (Å²) in [4.78, 5) is 18.3. The van der Waals surface area contributed by atoms with Crippen LogP contribution in [0, 0.1) is 40.4 Å². The number of ketones is 1. The van der Waals surface area contributed by atoms with E-state index in [9.17, 15) is 9.90 Å². The standard InChI is InChI=1S/C27H46N2O2/c1-25(31)11-12-26(2)19(17-25)5-6-20-21-7-8-23(27(21,3)10-9-22(20)26)24(30)18-29-15-13-28(4)14-16-29/h19-23,31H,5-18H2,1-4H3/t19-,20-,21-,22-,23+,25+,26-,27-/m0/s1. The smallest absolute Gasteiger partial charge is 0.150 e. The highest BCUT2D eigenvalue weighted by Crippen LogP contribution is 2.68. The third-order valence-corrected chi connectivity index (χ3v) is 11.3. The predicted molar refractivity (Wildman–Crippen MR) is 125 cm³/mol. The number of nitrogens with zero attached hydrogens (tertiary/aromatic N) is 2. The molecule has 0 aromatic rings. The molecule has 31 heavy (non-hydrogen) atoms. The summed E-state index contributed by atoms with van der Waals surface area (Å²) >= 11 is 0. The van der Waals surface area contributed by atoms with Crippen LogP contribution in [0.4, 0.5) is 0 Å². The van der Waals surface area contributed by atoms with E-state index in [1.165, 1.54) is 38.5 Å². The predicted octanol–water partition coefficient (Wildman–Crippen LogP) is 4.21. The molecule has 4 aliphatic carbocycles. The lowest BCUT2D eigenvalue weighted by Gasteiger charge is -2.61. The van der Waals surface area contributed by atoms with Gasteiger partial charge in [0.15, 0.2) is 0 Å². The van der Waals surface area contributed by atoms with Gasteiger partial charge in [-0.05, 0) is 106 Å². The van der Waals surface area contributed by atoms with E-state index in [4.69, 9.17) is 0 Å². The number of Topliss-reactive ketones (excluding diaryl/α,β-unsaturated/α-hetero) is 1. The highest BCUT2D eigenvalue weighted by Gasteiger charge is 2.61. The Labute approximate surface area is 190 Å². The molecule has 0 unspecified atom stereocenters. The Bertz CT molecular complexity index is 699. The Morgan fingerprint density at radius 1 is 0.871 bits per heavy atom. The number of rotatable bonds is 3. The first kappa shape index (κ1) is 22.3. The van der Waals surface area contributed by atoms with Gasteiger partial charge in [0.05, 0.1) is 12.1 Å². The third kappa shape index (κ3) is 3.73. The first-order valence-corrected chi connectivity index (χ1v) is 13.3. The van der Waals surface area contributed by atoms with Gasteiger partial charge in [-0.25, -0.2) is 0 Å². The lowest BCUT2D eigenvalue weighted by atomic mass is 9.44. The molecule has 1 heterocycles. The molecule has 1 N–H and O–H groups in total. The number of hydrogen-bond donors (Lipinski definition) is 1. The minimum absolute atomic E-state index is 0.230. The summed E-state index contributed by atoms with van der Waals surface area (Å²) in [7, 11) is 2.18. The molecule has 0 aromatic carbocycles. The van der Waals surface area contributed by atoms with Crippen LogP contribution in [0.3, 0.4) is 0 Å². The van der Waals surface area contributed by atoms with Crippen molar-refractivity contribution < 1.29 is 9.90 Å². The first-order chi connectivity index (χ1) is 14.6. The Morgan fingerprint density at radius 2 is 1.58 bits per heavy atom. The van der Waals surface area contributed by atoms with E-state index in [1.807, 2.05) is 0 Å². The van der Waals surface area contributed by atoms with Crippen LogP contribution in [-0.4, -0.2) is 66.1 Å². The van der Waals surface area contributed by atoms with Crippen molar-refractivity contribution in [2.24, 2.45) is 40.4 Å². The van der Waals surface area contributed by atoms with Gasteiger partial charge >= 0.3 is 0 Å². The largest absolute Gasteiger partial charge is 0.390 e. The van der Waals surface area contributed by atoms with Crippen molar-refractivity contribution in [3.05, 3.63) is 0 Å². The van der Waals surface area contributed by atoms with Crippen molar-refractivity contribution in [3.8, 4) is 0 Å². The molecule has 1 aliphatic heterocycles. The Balaban J connectivity index is 1.29. The molecule has 1 saturated heterocycles. The molecule has 0 spiro atoms. The van der Waals surface area contributed by atoms with Gasteiger partial charge in [0, 0.05) is 32.1 Å². The molecular weight excluding hydrogens is 384 g/mol. The van der Waals surface area contributed by atoms with Crippen LogP contribution < -0.4 is 0 Å². The normalized spacial score (nSPS) is 51.1. The van der Waals surface area contributed by atoms with Crippen molar-refractivity contribution in [2.75, 3.05) is 39.8 Å². The summed E-state index contributed by atoms with van der Waals surface area (Å²) < 4.78 is 0. The Hall–Kier alpha value is -0.450. The molecular formula is C27H46N2O2. The zero-order valence-electron chi connectivity index (χ0n) is 20.5. The highest BCUT2D eigenvalue weighted by atomic mass is 16.3. The second-order valence-electron chi connectivity index (χ2n) is 13.1. The maximum absolute atomic E-state index is 13.5. The lowest BCUT2D eigenvalue weighted by molar-refractivity contribution is -0.151. The van der Waals surface area contributed by atoms with Crippen LogP contribution in [0.2, 0.25) is 0 Å². The number of aliphatic hydroxyl groups is 1. The summed E-state index contributed by atoms with van der Waals surface area (Å²) in [6, 6.07) is 0. The summed E-state index contributed by atoms with van der Waals surface area (Å²) in [6.07, 6.45) is 10.8. The molecule has 5 fully saturated rings. The van der Waals surface area contributed by atoms with Crippen LogP contribution in [0.1, 0.15) is 78.6 Å². The highest BCUT2D eigenvalue weighted by molar-refractivity contribution is 5.84. The SMILES string of the molecule is CN1CCN(CC(=O)[C@H]2CC[C@H]3[C@@H]4CC[C@H]5C[C@](C)(O)CC[C@]5(C)[C@H]4CC[C@]23C)CC1. The number of likely N-dealkylation sites (N-methyl/N-ethyl adjacent to an activating group) is 1. The van der Waals surface area contributed by atoms with Crippen molar-refractivity contribution >= 4 is 5.78 Å². The van der Waals surface area contributed by atoms with E-state index in [0.717, 1.165) is 63.2 Å². The number of hydrogen-bond acceptors (Lipinski definition) is 4. The number of carbonyl (C=O) groups is 1. The summed E-state index contributed by atoms with van der Waals surface area (Å²) in [5, 5.41) is 10.7. The van der Waals surface area contributed by atoms with Crippen LogP contribution in [0.15, 0.2) is 0 Å². The molecule has 176 valence electrons. The van der Waals surface area contributed by atoms with E-state index in [1.54, 1.807) is 0 Å². The molecule has 5 aliphatic rings. The van der Waals surface area contributed by atoms with Gasteiger partial charge in [-0.15, -0.1) is 0 Å². The van der Waals surface area contributed by atoms with Gasteiger partial charge in [-0.2, -0.15) is 0 Å². The van der Waals surface area contributed by atoms with Crippen LogP contribution in [0.5, 0.6) is 0 Å². The molecule has 5 rings (SSSR count). The third-order valence-electron chi connectivity index (χ3n) is 11.3. The zero-order valence-corrected chi connectivity index (χ0v) is 20.5. The van der Waals surface area contributed by atoms with Crippen LogP contribution in [-0.2, 0) is 4.79 Å². The van der Waals surface area contributed by atoms with Gasteiger partial charge in [0.2, 0.25) is 0 Å². The van der Waals surface area contributed by atoms with E-state index in [2.05, 4.69) is 37.6 Å². The minimum atomic E-state index is -0.450. The van der Waals surface area contributed by atoms with Gasteiger partial charge < -0.3 is 10.0 Å². The molecule has 0 aromatic heterocycles. The Kier molecular flexibility index (Phi) is 5.63. The average Bonchev–Trinajstić information content (AvgIpc) is 3.07. The molecule has 4 saturated carbocycles. The fourth-order valence-corrected chi connectivity index (χ4v) is 9.30.